The highest BCUT2D eigenvalue weighted by Gasteiger charge is 2.33. The molecule has 1 aromatic heterocycles. The van der Waals surface area contributed by atoms with Gasteiger partial charge in [0.25, 0.3) is 0 Å². The summed E-state index contributed by atoms with van der Waals surface area (Å²) in [6.07, 6.45) is -2.00. The van der Waals surface area contributed by atoms with Crippen LogP contribution in [-0.4, -0.2) is 4.98 Å². The van der Waals surface area contributed by atoms with Crippen molar-refractivity contribution in [1.29, 1.82) is 0 Å². The standard InChI is InChI=1S/C8H8F3NS/c1-5(13)6-4-12-3-2-7(6)8(9,10)11/h2-5,13H,1H3. The van der Waals surface area contributed by atoms with E-state index in [1.165, 1.54) is 6.20 Å². The lowest BCUT2D eigenvalue weighted by Crippen LogP contribution is -2.09. The third kappa shape index (κ3) is 2.37. The predicted molar refractivity (Wildman–Crippen MR) is 46.6 cm³/mol. The molecule has 1 aromatic rings. The van der Waals surface area contributed by atoms with Gasteiger partial charge < -0.3 is 0 Å². The van der Waals surface area contributed by atoms with Crippen LogP contribution >= 0.6 is 12.6 Å². The third-order valence-corrected chi connectivity index (χ3v) is 1.89. The van der Waals surface area contributed by atoms with Gasteiger partial charge in [0.05, 0.1) is 5.56 Å². The van der Waals surface area contributed by atoms with Gasteiger partial charge in [-0.3, -0.25) is 4.98 Å². The summed E-state index contributed by atoms with van der Waals surface area (Å²) in [4.78, 5) is 3.63. The minimum Gasteiger partial charge on any atom is -0.264 e. The highest BCUT2D eigenvalue weighted by molar-refractivity contribution is 7.80. The molecule has 0 aliphatic carbocycles. The van der Waals surface area contributed by atoms with Crippen molar-refractivity contribution in [3.63, 3.8) is 0 Å². The number of hydrogen-bond donors (Lipinski definition) is 1. The molecule has 0 N–H and O–H groups in total. The SMILES string of the molecule is CC(S)c1cnccc1C(F)(F)F. The minimum absolute atomic E-state index is 0.110. The van der Waals surface area contributed by atoms with Crippen LogP contribution < -0.4 is 0 Å². The fraction of sp³-hybridized carbons (Fsp3) is 0.375. The summed E-state index contributed by atoms with van der Waals surface area (Å²) in [5.41, 5.74) is -0.552. The van der Waals surface area contributed by atoms with E-state index in [1.54, 1.807) is 6.92 Å². The van der Waals surface area contributed by atoms with E-state index in [0.29, 0.717) is 0 Å². The molecule has 0 aliphatic rings. The molecule has 5 heteroatoms. The molecular formula is C8H8F3NS. The van der Waals surface area contributed by atoms with Gasteiger partial charge in [0.15, 0.2) is 0 Å². The number of aromatic nitrogens is 1. The molecule has 0 fully saturated rings. The zero-order valence-electron chi connectivity index (χ0n) is 6.84. The van der Waals surface area contributed by atoms with E-state index in [-0.39, 0.29) is 5.56 Å². The first-order valence-corrected chi connectivity index (χ1v) is 4.13. The van der Waals surface area contributed by atoms with Crippen LogP contribution in [0.1, 0.15) is 23.3 Å². The highest BCUT2D eigenvalue weighted by Crippen LogP contribution is 2.35. The molecule has 0 aliphatic heterocycles. The van der Waals surface area contributed by atoms with Gasteiger partial charge in [0.2, 0.25) is 0 Å². The number of hydrogen-bond acceptors (Lipinski definition) is 2. The average Bonchev–Trinajstić information content (AvgIpc) is 2.03. The lowest BCUT2D eigenvalue weighted by molar-refractivity contribution is -0.138. The lowest BCUT2D eigenvalue weighted by atomic mass is 10.1. The van der Waals surface area contributed by atoms with Gasteiger partial charge >= 0.3 is 6.18 Å². The number of pyridine rings is 1. The largest absolute Gasteiger partial charge is 0.416 e. The van der Waals surface area contributed by atoms with E-state index < -0.39 is 17.0 Å². The van der Waals surface area contributed by atoms with Gasteiger partial charge in [0.1, 0.15) is 0 Å². The van der Waals surface area contributed by atoms with Crippen molar-refractivity contribution >= 4 is 12.6 Å². The number of halogens is 3. The maximum Gasteiger partial charge on any atom is 0.416 e. The van der Waals surface area contributed by atoms with Gasteiger partial charge in [-0.15, -0.1) is 0 Å². The second kappa shape index (κ2) is 3.57. The maximum absolute atomic E-state index is 12.3. The van der Waals surface area contributed by atoms with Crippen molar-refractivity contribution in [2.24, 2.45) is 0 Å². The minimum atomic E-state index is -4.32. The highest BCUT2D eigenvalue weighted by atomic mass is 32.1. The van der Waals surface area contributed by atoms with Gasteiger partial charge in [-0.1, -0.05) is 0 Å². The Morgan fingerprint density at radius 3 is 2.46 bits per heavy atom. The summed E-state index contributed by atoms with van der Waals surface area (Å²) in [5.74, 6) is 0. The zero-order chi connectivity index (χ0) is 10.1. The summed E-state index contributed by atoms with van der Waals surface area (Å²) in [6, 6.07) is 0.960. The van der Waals surface area contributed by atoms with Crippen LogP contribution in [0.5, 0.6) is 0 Å². The summed E-state index contributed by atoms with van der Waals surface area (Å²) in [6.45, 7) is 1.58. The molecule has 0 spiro atoms. The Bertz CT molecular complexity index is 296. The first-order valence-electron chi connectivity index (χ1n) is 3.62. The smallest absolute Gasteiger partial charge is 0.264 e. The van der Waals surface area contributed by atoms with E-state index >= 15 is 0 Å². The number of rotatable bonds is 1. The summed E-state index contributed by atoms with van der Waals surface area (Å²) >= 11 is 3.95. The van der Waals surface area contributed by atoms with Crippen LogP contribution in [0.25, 0.3) is 0 Å². The Labute approximate surface area is 79.4 Å². The van der Waals surface area contributed by atoms with Gasteiger partial charge in [-0.2, -0.15) is 25.8 Å². The molecule has 1 unspecified atom stereocenters. The summed E-state index contributed by atoms with van der Waals surface area (Å²) in [5, 5.41) is -0.467. The van der Waals surface area contributed by atoms with Crippen LogP contribution in [0.3, 0.4) is 0 Å². The Hall–Kier alpha value is -0.710. The zero-order valence-corrected chi connectivity index (χ0v) is 7.73. The molecular weight excluding hydrogens is 199 g/mol. The quantitative estimate of drug-likeness (QED) is 0.698. The van der Waals surface area contributed by atoms with Crippen molar-refractivity contribution in [3.05, 3.63) is 29.6 Å². The van der Waals surface area contributed by atoms with Crippen LogP contribution in [0.2, 0.25) is 0 Å². The van der Waals surface area contributed by atoms with E-state index in [9.17, 15) is 13.2 Å². The third-order valence-electron chi connectivity index (χ3n) is 1.61. The van der Waals surface area contributed by atoms with Gasteiger partial charge in [-0.25, -0.2) is 0 Å². The van der Waals surface area contributed by atoms with Crippen molar-refractivity contribution in [2.45, 2.75) is 18.3 Å². The summed E-state index contributed by atoms with van der Waals surface area (Å²) in [7, 11) is 0. The Morgan fingerprint density at radius 2 is 2.08 bits per heavy atom. The van der Waals surface area contributed by atoms with Crippen molar-refractivity contribution in [1.82, 2.24) is 4.98 Å². The van der Waals surface area contributed by atoms with Crippen molar-refractivity contribution in [2.75, 3.05) is 0 Å². The second-order valence-electron chi connectivity index (χ2n) is 2.64. The topological polar surface area (TPSA) is 12.9 Å². The normalized spacial score (nSPS) is 14.2. The van der Waals surface area contributed by atoms with Crippen LogP contribution in [-0.2, 0) is 6.18 Å². The molecule has 1 nitrogen and oxygen atoms in total. The van der Waals surface area contributed by atoms with Gasteiger partial charge in [-0.05, 0) is 18.6 Å². The molecule has 1 atom stereocenters. The van der Waals surface area contributed by atoms with Gasteiger partial charge in [0, 0.05) is 17.6 Å². The lowest BCUT2D eigenvalue weighted by Gasteiger charge is -2.13. The summed E-state index contributed by atoms with van der Waals surface area (Å²) < 4.78 is 37.0. The molecule has 0 bridgehead atoms. The Morgan fingerprint density at radius 1 is 1.46 bits per heavy atom. The molecule has 13 heavy (non-hydrogen) atoms. The van der Waals surface area contributed by atoms with E-state index in [1.807, 2.05) is 0 Å². The number of nitrogens with zero attached hydrogens (tertiary/aromatic N) is 1. The first kappa shape index (κ1) is 10.4. The second-order valence-corrected chi connectivity index (χ2v) is 3.41. The fourth-order valence-corrected chi connectivity index (χ4v) is 1.20. The van der Waals surface area contributed by atoms with Crippen molar-refractivity contribution < 1.29 is 13.2 Å². The van der Waals surface area contributed by atoms with E-state index in [4.69, 9.17) is 0 Å². The molecule has 0 saturated carbocycles. The molecule has 1 heterocycles. The Balaban J connectivity index is 3.20. The van der Waals surface area contributed by atoms with E-state index in [2.05, 4.69) is 17.6 Å². The average molecular weight is 207 g/mol. The molecule has 72 valence electrons. The monoisotopic (exact) mass is 207 g/mol. The molecule has 0 aromatic carbocycles. The predicted octanol–water partition coefficient (Wildman–Crippen LogP) is 3.09. The van der Waals surface area contributed by atoms with Crippen LogP contribution in [0.4, 0.5) is 13.2 Å². The molecule has 0 amide bonds. The first-order chi connectivity index (χ1) is 5.93. The van der Waals surface area contributed by atoms with Crippen molar-refractivity contribution in [3.8, 4) is 0 Å². The fourth-order valence-electron chi connectivity index (χ4n) is 0.998. The Kier molecular flexibility index (Phi) is 2.85. The number of thiol groups is 1. The van der Waals surface area contributed by atoms with Crippen LogP contribution in [0, 0.1) is 0 Å². The van der Waals surface area contributed by atoms with E-state index in [0.717, 1.165) is 12.3 Å². The number of alkyl halides is 3. The maximum atomic E-state index is 12.3. The van der Waals surface area contributed by atoms with Crippen LogP contribution in [0.15, 0.2) is 18.5 Å². The molecule has 1 rings (SSSR count). The molecule has 0 saturated heterocycles. The molecule has 0 radical (unpaired) electrons.